The topological polar surface area (TPSA) is 90.3 Å². The van der Waals surface area contributed by atoms with Crippen molar-refractivity contribution in [2.75, 3.05) is 11.6 Å². The molecule has 0 spiro atoms. The van der Waals surface area contributed by atoms with E-state index in [2.05, 4.69) is 0 Å². The molecule has 0 amide bonds. The smallest absolute Gasteiger partial charge is 0.107 e. The zero-order valence-corrected chi connectivity index (χ0v) is 8.65. The Hall–Kier alpha value is -1.28. The maximum atomic E-state index is 9.68. The highest BCUT2D eigenvalue weighted by molar-refractivity contribution is 6.18. The standard InChI is InChI=1S/C10H11ClN2O2/c11-4-9(14)10(15)8-3-7(13)2-1-6(8)5-12/h1-3,9-10,14-15H,4,13H2. The fourth-order valence-electron chi connectivity index (χ4n) is 1.22. The van der Waals surface area contributed by atoms with E-state index in [-0.39, 0.29) is 11.4 Å². The minimum Gasteiger partial charge on any atom is -0.399 e. The molecule has 15 heavy (non-hydrogen) atoms. The first-order valence-electron chi connectivity index (χ1n) is 4.31. The van der Waals surface area contributed by atoms with Crippen LogP contribution in [0.5, 0.6) is 0 Å². The minimum atomic E-state index is -1.19. The fraction of sp³-hybridized carbons (Fsp3) is 0.300. The Morgan fingerprint density at radius 1 is 1.47 bits per heavy atom. The predicted molar refractivity (Wildman–Crippen MR) is 57.3 cm³/mol. The van der Waals surface area contributed by atoms with Gasteiger partial charge in [-0.2, -0.15) is 5.26 Å². The normalized spacial score (nSPS) is 14.3. The van der Waals surface area contributed by atoms with E-state index in [9.17, 15) is 10.2 Å². The number of rotatable bonds is 3. The lowest BCUT2D eigenvalue weighted by Gasteiger charge is -2.17. The Morgan fingerprint density at radius 3 is 2.67 bits per heavy atom. The number of alkyl halides is 1. The average molecular weight is 227 g/mol. The van der Waals surface area contributed by atoms with Crippen molar-refractivity contribution >= 4 is 17.3 Å². The summed E-state index contributed by atoms with van der Waals surface area (Å²) in [6.45, 7) is 0. The quantitative estimate of drug-likeness (QED) is 0.525. The number of nitrogen functional groups attached to an aromatic ring is 1. The number of anilines is 1. The van der Waals surface area contributed by atoms with Crippen molar-refractivity contribution < 1.29 is 10.2 Å². The van der Waals surface area contributed by atoms with Gasteiger partial charge in [-0.3, -0.25) is 0 Å². The molecule has 0 radical (unpaired) electrons. The highest BCUT2D eigenvalue weighted by Crippen LogP contribution is 2.23. The molecule has 0 saturated carbocycles. The minimum absolute atomic E-state index is 0.110. The van der Waals surface area contributed by atoms with Gasteiger partial charge in [0.15, 0.2) is 0 Å². The van der Waals surface area contributed by atoms with Crippen LogP contribution in [-0.4, -0.2) is 22.2 Å². The maximum Gasteiger partial charge on any atom is 0.107 e. The lowest BCUT2D eigenvalue weighted by Crippen LogP contribution is -2.20. The van der Waals surface area contributed by atoms with Gasteiger partial charge >= 0.3 is 0 Å². The number of nitrogens with zero attached hydrogens (tertiary/aromatic N) is 1. The number of aliphatic hydroxyl groups excluding tert-OH is 2. The van der Waals surface area contributed by atoms with Crippen molar-refractivity contribution in [1.82, 2.24) is 0 Å². The summed E-state index contributed by atoms with van der Waals surface area (Å²) in [5, 5.41) is 27.8. The molecular weight excluding hydrogens is 216 g/mol. The van der Waals surface area contributed by atoms with Crippen molar-refractivity contribution in [3.05, 3.63) is 29.3 Å². The molecular formula is C10H11ClN2O2. The van der Waals surface area contributed by atoms with Gasteiger partial charge in [-0.05, 0) is 18.2 Å². The number of halogens is 1. The van der Waals surface area contributed by atoms with Gasteiger partial charge in [-0.1, -0.05) is 0 Å². The second-order valence-corrected chi connectivity index (χ2v) is 3.43. The van der Waals surface area contributed by atoms with Crippen LogP contribution >= 0.6 is 11.6 Å². The molecule has 0 aliphatic carbocycles. The first-order chi connectivity index (χ1) is 7.10. The highest BCUT2D eigenvalue weighted by Gasteiger charge is 2.20. The first-order valence-corrected chi connectivity index (χ1v) is 4.85. The van der Waals surface area contributed by atoms with Gasteiger partial charge in [-0.15, -0.1) is 11.6 Å². The van der Waals surface area contributed by atoms with Gasteiger partial charge in [0.2, 0.25) is 0 Å². The Kier molecular flexibility index (Phi) is 3.92. The van der Waals surface area contributed by atoms with E-state index in [1.54, 1.807) is 6.07 Å². The van der Waals surface area contributed by atoms with Crippen molar-refractivity contribution in [2.24, 2.45) is 0 Å². The second-order valence-electron chi connectivity index (χ2n) is 3.12. The molecule has 4 N–H and O–H groups in total. The fourth-order valence-corrected chi connectivity index (χ4v) is 1.39. The molecule has 4 nitrogen and oxygen atoms in total. The Morgan fingerprint density at radius 2 is 2.13 bits per heavy atom. The molecule has 0 fully saturated rings. The number of hydrogen-bond donors (Lipinski definition) is 3. The molecule has 0 saturated heterocycles. The Labute approximate surface area is 92.5 Å². The molecule has 2 atom stereocenters. The van der Waals surface area contributed by atoms with E-state index >= 15 is 0 Å². The van der Waals surface area contributed by atoms with Crippen molar-refractivity contribution in [1.29, 1.82) is 5.26 Å². The van der Waals surface area contributed by atoms with Gasteiger partial charge in [0, 0.05) is 11.3 Å². The summed E-state index contributed by atoms with van der Waals surface area (Å²) >= 11 is 5.41. The molecule has 2 unspecified atom stereocenters. The van der Waals surface area contributed by atoms with E-state index < -0.39 is 12.2 Å². The van der Waals surface area contributed by atoms with Crippen LogP contribution in [-0.2, 0) is 0 Å². The van der Waals surface area contributed by atoms with Gasteiger partial charge in [0.05, 0.1) is 23.6 Å². The Balaban J connectivity index is 3.12. The number of aliphatic hydroxyl groups is 2. The molecule has 0 heterocycles. The Bertz CT molecular complexity index is 389. The molecule has 0 aliphatic heterocycles. The first kappa shape index (κ1) is 11.8. The zero-order valence-electron chi connectivity index (χ0n) is 7.89. The van der Waals surface area contributed by atoms with Crippen LogP contribution in [0.2, 0.25) is 0 Å². The number of nitriles is 1. The van der Waals surface area contributed by atoms with Crippen LogP contribution < -0.4 is 5.73 Å². The molecule has 1 rings (SSSR count). The monoisotopic (exact) mass is 226 g/mol. The number of benzene rings is 1. The van der Waals surface area contributed by atoms with E-state index in [1.807, 2.05) is 6.07 Å². The third kappa shape index (κ3) is 2.60. The molecule has 1 aromatic carbocycles. The molecule has 0 aliphatic rings. The summed E-state index contributed by atoms with van der Waals surface area (Å²) in [7, 11) is 0. The predicted octanol–water partition coefficient (Wildman–Crippen LogP) is 0.774. The van der Waals surface area contributed by atoms with Crippen molar-refractivity contribution in [2.45, 2.75) is 12.2 Å². The highest BCUT2D eigenvalue weighted by atomic mass is 35.5. The molecule has 0 bridgehead atoms. The molecule has 0 aromatic heterocycles. The average Bonchev–Trinajstić information content (AvgIpc) is 2.27. The van der Waals surface area contributed by atoms with Crippen LogP contribution in [0.1, 0.15) is 17.2 Å². The van der Waals surface area contributed by atoms with E-state index in [4.69, 9.17) is 22.6 Å². The van der Waals surface area contributed by atoms with Gasteiger partial charge in [-0.25, -0.2) is 0 Å². The van der Waals surface area contributed by atoms with Crippen LogP contribution in [0.15, 0.2) is 18.2 Å². The molecule has 5 heteroatoms. The summed E-state index contributed by atoms with van der Waals surface area (Å²) in [5.74, 6) is -0.110. The zero-order chi connectivity index (χ0) is 11.4. The second kappa shape index (κ2) is 4.99. The van der Waals surface area contributed by atoms with E-state index in [0.29, 0.717) is 11.3 Å². The van der Waals surface area contributed by atoms with Gasteiger partial charge in [0.25, 0.3) is 0 Å². The summed E-state index contributed by atoms with van der Waals surface area (Å²) in [6, 6.07) is 6.42. The molecule has 80 valence electrons. The van der Waals surface area contributed by atoms with Crippen LogP contribution in [0, 0.1) is 11.3 Å². The van der Waals surface area contributed by atoms with Gasteiger partial charge in [0.1, 0.15) is 6.10 Å². The summed E-state index contributed by atoms with van der Waals surface area (Å²) < 4.78 is 0. The summed E-state index contributed by atoms with van der Waals surface area (Å²) in [5.41, 5.74) is 6.52. The van der Waals surface area contributed by atoms with Gasteiger partial charge < -0.3 is 15.9 Å². The number of nitrogens with two attached hydrogens (primary N) is 1. The van der Waals surface area contributed by atoms with Crippen molar-refractivity contribution in [3.8, 4) is 6.07 Å². The third-order valence-electron chi connectivity index (χ3n) is 2.04. The molecule has 1 aromatic rings. The van der Waals surface area contributed by atoms with E-state index in [0.717, 1.165) is 0 Å². The lowest BCUT2D eigenvalue weighted by molar-refractivity contribution is 0.0326. The lowest BCUT2D eigenvalue weighted by atomic mass is 9.99. The summed E-state index contributed by atoms with van der Waals surface area (Å²) in [6.07, 6.45) is -2.30. The van der Waals surface area contributed by atoms with E-state index in [1.165, 1.54) is 12.1 Å². The number of hydrogen-bond acceptors (Lipinski definition) is 4. The van der Waals surface area contributed by atoms with Crippen LogP contribution in [0.4, 0.5) is 5.69 Å². The third-order valence-corrected chi connectivity index (χ3v) is 2.35. The SMILES string of the molecule is N#Cc1ccc(N)cc1C(O)C(O)CCl. The van der Waals surface area contributed by atoms with Crippen LogP contribution in [0.3, 0.4) is 0 Å². The maximum absolute atomic E-state index is 9.68. The largest absolute Gasteiger partial charge is 0.399 e. The van der Waals surface area contributed by atoms with Crippen molar-refractivity contribution in [3.63, 3.8) is 0 Å². The van der Waals surface area contributed by atoms with Crippen LogP contribution in [0.25, 0.3) is 0 Å². The summed E-state index contributed by atoms with van der Waals surface area (Å²) in [4.78, 5) is 0.